The van der Waals surface area contributed by atoms with Crippen LogP contribution in [0.25, 0.3) is 10.9 Å². The number of nitrogens with one attached hydrogen (secondary N) is 1. The Labute approximate surface area is 174 Å². The molecule has 2 aromatic heterocycles. The van der Waals surface area contributed by atoms with E-state index in [1.54, 1.807) is 13.8 Å². The molecule has 0 saturated heterocycles. The van der Waals surface area contributed by atoms with Crippen LogP contribution in [0.5, 0.6) is 0 Å². The summed E-state index contributed by atoms with van der Waals surface area (Å²) >= 11 is 0. The summed E-state index contributed by atoms with van der Waals surface area (Å²) in [5.74, 6) is -0.224. The van der Waals surface area contributed by atoms with Gasteiger partial charge in [-0.1, -0.05) is 0 Å². The molecule has 3 aromatic rings. The maximum absolute atomic E-state index is 12.6. The third-order valence-electron chi connectivity index (χ3n) is 5.69. The number of hydrogen-bond donors (Lipinski definition) is 2. The highest BCUT2D eigenvalue weighted by atomic mass is 16.3. The Kier molecular flexibility index (Phi) is 5.34. The molecular formula is C22H25N5O3. The molecule has 0 bridgehead atoms. The highest BCUT2D eigenvalue weighted by Crippen LogP contribution is 2.35. The van der Waals surface area contributed by atoms with Gasteiger partial charge in [0.1, 0.15) is 18.3 Å². The highest BCUT2D eigenvalue weighted by Gasteiger charge is 2.26. The van der Waals surface area contributed by atoms with Crippen molar-refractivity contribution < 1.29 is 14.7 Å². The van der Waals surface area contributed by atoms with Gasteiger partial charge in [-0.3, -0.25) is 9.48 Å². The van der Waals surface area contributed by atoms with E-state index < -0.39 is 5.60 Å². The predicted octanol–water partition coefficient (Wildman–Crippen LogP) is 3.24. The summed E-state index contributed by atoms with van der Waals surface area (Å²) in [5, 5.41) is 19.1. The lowest BCUT2D eigenvalue weighted by molar-refractivity contribution is -0.112. The van der Waals surface area contributed by atoms with Crippen molar-refractivity contribution in [2.24, 2.45) is 5.92 Å². The summed E-state index contributed by atoms with van der Waals surface area (Å²) in [5.41, 5.74) is 0.920. The number of rotatable bonds is 5. The average Bonchev–Trinajstić information content (AvgIpc) is 3.16. The van der Waals surface area contributed by atoms with Gasteiger partial charge in [-0.15, -0.1) is 0 Å². The largest absolute Gasteiger partial charge is 0.386 e. The van der Waals surface area contributed by atoms with E-state index in [0.717, 1.165) is 42.9 Å². The maximum Gasteiger partial charge on any atom is 0.274 e. The lowest BCUT2D eigenvalue weighted by atomic mass is 9.87. The number of carbonyl (C=O) groups is 2. The molecule has 1 aromatic carbocycles. The Hall–Kier alpha value is -3.13. The first-order chi connectivity index (χ1) is 14.3. The van der Waals surface area contributed by atoms with Gasteiger partial charge in [-0.25, -0.2) is 9.97 Å². The summed E-state index contributed by atoms with van der Waals surface area (Å²) in [6, 6.07) is 5.43. The lowest BCUT2D eigenvalue weighted by Crippen LogP contribution is -2.21. The average molecular weight is 407 g/mol. The molecule has 8 heteroatoms. The van der Waals surface area contributed by atoms with E-state index in [1.807, 2.05) is 23.0 Å². The molecule has 0 spiro atoms. The molecule has 30 heavy (non-hydrogen) atoms. The zero-order valence-electron chi connectivity index (χ0n) is 17.1. The van der Waals surface area contributed by atoms with E-state index in [4.69, 9.17) is 5.10 Å². The van der Waals surface area contributed by atoms with Gasteiger partial charge in [0.05, 0.1) is 17.2 Å². The fraction of sp³-hybridized carbons (Fsp3) is 0.409. The van der Waals surface area contributed by atoms with Crippen molar-refractivity contribution in [1.82, 2.24) is 19.7 Å². The van der Waals surface area contributed by atoms with E-state index in [2.05, 4.69) is 15.3 Å². The normalized spacial score (nSPS) is 19.6. The monoisotopic (exact) mass is 407 g/mol. The number of hydrogen-bond acceptors (Lipinski definition) is 6. The molecule has 8 nitrogen and oxygen atoms in total. The summed E-state index contributed by atoms with van der Waals surface area (Å²) < 4.78 is 1.95. The molecule has 1 fully saturated rings. The molecule has 1 aliphatic rings. The molecule has 1 aliphatic carbocycles. The Morgan fingerprint density at radius 1 is 1.27 bits per heavy atom. The van der Waals surface area contributed by atoms with E-state index in [0.29, 0.717) is 11.3 Å². The molecule has 1 amide bonds. The van der Waals surface area contributed by atoms with Gasteiger partial charge in [0, 0.05) is 34.9 Å². The minimum Gasteiger partial charge on any atom is -0.386 e. The zero-order valence-corrected chi connectivity index (χ0v) is 17.1. The number of aromatic nitrogens is 4. The van der Waals surface area contributed by atoms with Crippen LogP contribution in [0.15, 0.2) is 36.9 Å². The van der Waals surface area contributed by atoms with Crippen LogP contribution < -0.4 is 5.32 Å². The number of fused-ring (bicyclic) bond motifs is 1. The Bertz CT molecular complexity index is 1060. The van der Waals surface area contributed by atoms with Crippen LogP contribution >= 0.6 is 0 Å². The SMILES string of the molecule is CC(C)(O)c1cc2nn([C@H]3CC[C@H](C=O)CC3)cc2cc1NC(=O)c1ccncn1. The number of amides is 1. The van der Waals surface area contributed by atoms with Crippen LogP contribution in [-0.2, 0) is 10.4 Å². The Morgan fingerprint density at radius 2 is 2.03 bits per heavy atom. The summed E-state index contributed by atoms with van der Waals surface area (Å²) in [6.45, 7) is 3.35. The predicted molar refractivity (Wildman–Crippen MR) is 112 cm³/mol. The van der Waals surface area contributed by atoms with Crippen molar-refractivity contribution in [3.8, 4) is 0 Å². The summed E-state index contributed by atoms with van der Waals surface area (Å²) in [4.78, 5) is 31.4. The van der Waals surface area contributed by atoms with Gasteiger partial charge in [-0.05, 0) is 57.7 Å². The first-order valence-electron chi connectivity index (χ1n) is 10.1. The summed E-state index contributed by atoms with van der Waals surface area (Å²) in [7, 11) is 0. The van der Waals surface area contributed by atoms with Gasteiger partial charge in [-0.2, -0.15) is 5.10 Å². The van der Waals surface area contributed by atoms with Gasteiger partial charge in [0.15, 0.2) is 0 Å². The van der Waals surface area contributed by atoms with Crippen LogP contribution in [-0.4, -0.2) is 37.0 Å². The number of aliphatic hydroxyl groups is 1. The minimum absolute atomic E-state index is 0.150. The molecule has 2 heterocycles. The first kappa shape index (κ1) is 20.2. The number of anilines is 1. The quantitative estimate of drug-likeness (QED) is 0.628. The fourth-order valence-corrected chi connectivity index (χ4v) is 4.00. The van der Waals surface area contributed by atoms with Crippen LogP contribution in [0.4, 0.5) is 5.69 Å². The van der Waals surface area contributed by atoms with Gasteiger partial charge < -0.3 is 15.2 Å². The van der Waals surface area contributed by atoms with Crippen LogP contribution in [0.1, 0.15) is 61.6 Å². The standard InChI is InChI=1S/C22H25N5O3/c1-22(2,30)17-10-19-15(9-20(17)25-21(29)18-7-8-23-13-24-18)11-27(26-19)16-5-3-14(12-28)4-6-16/h7-14,16,30H,3-6H2,1-2H3,(H,25,29)/t14-,16-. The molecule has 4 rings (SSSR count). The zero-order chi connectivity index (χ0) is 21.3. The minimum atomic E-state index is -1.17. The van der Waals surface area contributed by atoms with Crippen molar-refractivity contribution in [1.29, 1.82) is 0 Å². The lowest BCUT2D eigenvalue weighted by Gasteiger charge is -2.25. The first-order valence-corrected chi connectivity index (χ1v) is 10.1. The van der Waals surface area contributed by atoms with Crippen molar-refractivity contribution in [2.45, 2.75) is 51.2 Å². The van der Waals surface area contributed by atoms with E-state index in [-0.39, 0.29) is 23.6 Å². The number of nitrogens with zero attached hydrogens (tertiary/aromatic N) is 4. The van der Waals surface area contributed by atoms with Gasteiger partial charge in [0.25, 0.3) is 5.91 Å². The summed E-state index contributed by atoms with van der Waals surface area (Å²) in [6.07, 6.45) is 9.41. The second-order valence-electron chi connectivity index (χ2n) is 8.38. The van der Waals surface area contributed by atoms with E-state index >= 15 is 0 Å². The van der Waals surface area contributed by atoms with Crippen molar-refractivity contribution in [3.63, 3.8) is 0 Å². The Balaban J connectivity index is 1.67. The van der Waals surface area contributed by atoms with Crippen molar-refractivity contribution in [3.05, 3.63) is 48.2 Å². The topological polar surface area (TPSA) is 110 Å². The second kappa shape index (κ2) is 7.95. The second-order valence-corrected chi connectivity index (χ2v) is 8.38. The van der Waals surface area contributed by atoms with Crippen LogP contribution in [0.2, 0.25) is 0 Å². The number of carbonyl (C=O) groups excluding carboxylic acids is 2. The van der Waals surface area contributed by atoms with Crippen molar-refractivity contribution >= 4 is 28.8 Å². The molecule has 0 unspecified atom stereocenters. The molecule has 2 N–H and O–H groups in total. The molecular weight excluding hydrogens is 382 g/mol. The van der Waals surface area contributed by atoms with Crippen molar-refractivity contribution in [2.75, 3.05) is 5.32 Å². The van der Waals surface area contributed by atoms with Crippen LogP contribution in [0, 0.1) is 5.92 Å². The number of aldehydes is 1. The van der Waals surface area contributed by atoms with Crippen LogP contribution in [0.3, 0.4) is 0 Å². The smallest absolute Gasteiger partial charge is 0.274 e. The molecule has 0 atom stereocenters. The van der Waals surface area contributed by atoms with E-state index in [1.165, 1.54) is 18.6 Å². The van der Waals surface area contributed by atoms with E-state index in [9.17, 15) is 14.7 Å². The molecule has 156 valence electrons. The fourth-order valence-electron chi connectivity index (χ4n) is 4.00. The third-order valence-corrected chi connectivity index (χ3v) is 5.69. The molecule has 1 saturated carbocycles. The Morgan fingerprint density at radius 3 is 2.67 bits per heavy atom. The molecule has 0 aliphatic heterocycles. The molecule has 0 radical (unpaired) electrons. The number of benzene rings is 1. The van der Waals surface area contributed by atoms with Gasteiger partial charge >= 0.3 is 0 Å². The van der Waals surface area contributed by atoms with Gasteiger partial charge in [0.2, 0.25) is 0 Å². The highest BCUT2D eigenvalue weighted by molar-refractivity contribution is 6.04. The maximum atomic E-state index is 12.6. The third kappa shape index (κ3) is 4.09.